The van der Waals surface area contributed by atoms with E-state index < -0.39 is 0 Å². The Kier molecular flexibility index (Phi) is 3.37. The zero-order valence-corrected chi connectivity index (χ0v) is 11.2. The number of amides is 1. The molecular formula is C14H17N5O. The van der Waals surface area contributed by atoms with Crippen molar-refractivity contribution in [1.82, 2.24) is 15.0 Å². The van der Waals surface area contributed by atoms with Crippen molar-refractivity contribution < 1.29 is 4.79 Å². The number of nitrogen functional groups attached to an aromatic ring is 1. The van der Waals surface area contributed by atoms with Gasteiger partial charge in [-0.25, -0.2) is 0 Å². The van der Waals surface area contributed by atoms with Crippen LogP contribution in [0, 0.1) is 0 Å². The van der Waals surface area contributed by atoms with Crippen LogP contribution in [0.5, 0.6) is 0 Å². The van der Waals surface area contributed by atoms with Crippen molar-refractivity contribution in [1.29, 1.82) is 0 Å². The fourth-order valence-electron chi connectivity index (χ4n) is 2.61. The third kappa shape index (κ3) is 2.36. The highest BCUT2D eigenvalue weighted by atomic mass is 16.2. The van der Waals surface area contributed by atoms with E-state index in [0.717, 1.165) is 36.3 Å². The third-order valence-electron chi connectivity index (χ3n) is 3.61. The fourth-order valence-corrected chi connectivity index (χ4v) is 2.61. The summed E-state index contributed by atoms with van der Waals surface area (Å²) >= 11 is 0. The van der Waals surface area contributed by atoms with Crippen molar-refractivity contribution in [3.8, 4) is 0 Å². The van der Waals surface area contributed by atoms with Gasteiger partial charge in [-0.3, -0.25) is 9.48 Å². The molecule has 0 radical (unpaired) electrons. The molecule has 0 spiro atoms. The van der Waals surface area contributed by atoms with Gasteiger partial charge in [-0.05, 0) is 30.5 Å². The second-order valence-corrected chi connectivity index (χ2v) is 4.91. The Hall–Kier alpha value is -2.37. The van der Waals surface area contributed by atoms with Crippen molar-refractivity contribution >= 4 is 17.3 Å². The first kappa shape index (κ1) is 12.7. The summed E-state index contributed by atoms with van der Waals surface area (Å²) in [7, 11) is 0. The van der Waals surface area contributed by atoms with Crippen molar-refractivity contribution in [2.24, 2.45) is 0 Å². The lowest BCUT2D eigenvalue weighted by atomic mass is 9.99. The minimum Gasteiger partial charge on any atom is -0.398 e. The molecule has 2 aromatic rings. The van der Waals surface area contributed by atoms with E-state index in [2.05, 4.69) is 10.3 Å². The number of aromatic nitrogens is 3. The van der Waals surface area contributed by atoms with Crippen LogP contribution in [0.1, 0.15) is 18.4 Å². The molecule has 2 heterocycles. The quantitative estimate of drug-likeness (QED) is 0.852. The summed E-state index contributed by atoms with van der Waals surface area (Å²) in [5.41, 5.74) is 8.82. The maximum absolute atomic E-state index is 12.4. The number of benzene rings is 1. The van der Waals surface area contributed by atoms with Crippen molar-refractivity contribution in [3.05, 3.63) is 36.2 Å². The lowest BCUT2D eigenvalue weighted by Crippen LogP contribution is -2.36. The van der Waals surface area contributed by atoms with Crippen molar-refractivity contribution in [2.75, 3.05) is 17.2 Å². The molecule has 0 unspecified atom stereocenters. The van der Waals surface area contributed by atoms with Gasteiger partial charge in [0.2, 0.25) is 5.91 Å². The van der Waals surface area contributed by atoms with E-state index in [-0.39, 0.29) is 5.91 Å². The molecule has 0 bridgehead atoms. The van der Waals surface area contributed by atoms with Crippen LogP contribution in [0.15, 0.2) is 30.6 Å². The number of fused-ring (bicyclic) bond motifs is 1. The Morgan fingerprint density at radius 3 is 3.10 bits per heavy atom. The molecule has 20 heavy (non-hydrogen) atoms. The number of nitrogens with two attached hydrogens (primary N) is 1. The van der Waals surface area contributed by atoms with Gasteiger partial charge in [-0.2, -0.15) is 0 Å². The summed E-state index contributed by atoms with van der Waals surface area (Å²) in [4.78, 5) is 14.2. The Morgan fingerprint density at radius 1 is 1.40 bits per heavy atom. The molecule has 0 fully saturated rings. The molecule has 0 saturated heterocycles. The minimum atomic E-state index is 0.104. The van der Waals surface area contributed by atoms with Gasteiger partial charge >= 0.3 is 0 Å². The van der Waals surface area contributed by atoms with E-state index in [1.54, 1.807) is 17.1 Å². The lowest BCUT2D eigenvalue weighted by Gasteiger charge is -2.30. The number of carbonyl (C=O) groups excluding carboxylic acids is 1. The van der Waals surface area contributed by atoms with Gasteiger partial charge < -0.3 is 10.6 Å². The molecule has 2 N–H and O–H groups in total. The first-order chi connectivity index (χ1) is 9.75. The van der Waals surface area contributed by atoms with Gasteiger partial charge in [0, 0.05) is 30.5 Å². The first-order valence-corrected chi connectivity index (χ1v) is 6.77. The average Bonchev–Trinajstić information content (AvgIpc) is 2.98. The molecular weight excluding hydrogens is 254 g/mol. The molecule has 3 rings (SSSR count). The molecule has 104 valence electrons. The summed E-state index contributed by atoms with van der Waals surface area (Å²) in [5, 5.41) is 7.60. The SMILES string of the molecule is Nc1cccc2c1CCCN2C(=O)CCn1ccnn1. The molecule has 1 aromatic carbocycles. The number of carbonyl (C=O) groups is 1. The Bertz CT molecular complexity index is 608. The van der Waals surface area contributed by atoms with Gasteiger partial charge in [0.25, 0.3) is 0 Å². The van der Waals surface area contributed by atoms with Crippen molar-refractivity contribution in [3.63, 3.8) is 0 Å². The van der Waals surface area contributed by atoms with Gasteiger partial charge in [0.05, 0.1) is 12.7 Å². The number of nitrogens with zero attached hydrogens (tertiary/aromatic N) is 4. The second kappa shape index (κ2) is 5.32. The monoisotopic (exact) mass is 271 g/mol. The second-order valence-electron chi connectivity index (χ2n) is 4.91. The number of anilines is 2. The fraction of sp³-hybridized carbons (Fsp3) is 0.357. The molecule has 1 aliphatic heterocycles. The zero-order valence-electron chi connectivity index (χ0n) is 11.2. The topological polar surface area (TPSA) is 77.0 Å². The van der Waals surface area contributed by atoms with Crippen LogP contribution in [0.2, 0.25) is 0 Å². The smallest absolute Gasteiger partial charge is 0.228 e. The maximum atomic E-state index is 12.4. The zero-order chi connectivity index (χ0) is 13.9. The molecule has 1 amide bonds. The summed E-state index contributed by atoms with van der Waals surface area (Å²) in [5.74, 6) is 0.104. The van der Waals surface area contributed by atoms with Crippen LogP contribution in [-0.2, 0) is 17.8 Å². The molecule has 0 saturated carbocycles. The highest BCUT2D eigenvalue weighted by Crippen LogP contribution is 2.31. The molecule has 6 heteroatoms. The van der Waals surface area contributed by atoms with Crippen LogP contribution in [0.4, 0.5) is 11.4 Å². The predicted molar refractivity (Wildman–Crippen MR) is 76.2 cm³/mol. The molecule has 1 aromatic heterocycles. The van der Waals surface area contributed by atoms with E-state index in [0.29, 0.717) is 13.0 Å². The van der Waals surface area contributed by atoms with Crippen LogP contribution in [-0.4, -0.2) is 27.4 Å². The molecule has 0 aliphatic carbocycles. The molecule has 1 aliphatic rings. The largest absolute Gasteiger partial charge is 0.398 e. The van der Waals surface area contributed by atoms with E-state index in [4.69, 9.17) is 5.73 Å². The summed E-state index contributed by atoms with van der Waals surface area (Å²) in [6, 6.07) is 5.76. The Labute approximate surface area is 117 Å². The average molecular weight is 271 g/mol. The van der Waals surface area contributed by atoms with E-state index >= 15 is 0 Å². The number of hydrogen-bond acceptors (Lipinski definition) is 4. The van der Waals surface area contributed by atoms with Gasteiger partial charge in [0.15, 0.2) is 0 Å². The summed E-state index contributed by atoms with van der Waals surface area (Å²) < 4.78 is 1.67. The Balaban J connectivity index is 1.75. The first-order valence-electron chi connectivity index (χ1n) is 6.77. The standard InChI is InChI=1S/C14H17N5O/c15-12-4-1-5-13-11(12)3-2-8-19(13)14(20)6-9-18-10-7-16-17-18/h1,4-5,7,10H,2-3,6,8-9,15H2. The Morgan fingerprint density at radius 2 is 2.30 bits per heavy atom. The number of hydrogen-bond donors (Lipinski definition) is 1. The van der Waals surface area contributed by atoms with E-state index in [1.165, 1.54) is 0 Å². The van der Waals surface area contributed by atoms with Gasteiger partial charge in [-0.15, -0.1) is 5.10 Å². The van der Waals surface area contributed by atoms with Gasteiger partial charge in [0.1, 0.15) is 0 Å². The highest BCUT2D eigenvalue weighted by molar-refractivity contribution is 5.95. The van der Waals surface area contributed by atoms with Gasteiger partial charge in [-0.1, -0.05) is 11.3 Å². The van der Waals surface area contributed by atoms with Crippen LogP contribution >= 0.6 is 0 Å². The number of aryl methyl sites for hydroxylation is 1. The van der Waals surface area contributed by atoms with E-state index in [1.807, 2.05) is 23.1 Å². The van der Waals surface area contributed by atoms with Crippen LogP contribution in [0.3, 0.4) is 0 Å². The predicted octanol–water partition coefficient (Wildman–Crippen LogP) is 1.23. The molecule has 6 nitrogen and oxygen atoms in total. The van der Waals surface area contributed by atoms with Crippen molar-refractivity contribution in [2.45, 2.75) is 25.8 Å². The molecule has 0 atom stereocenters. The van der Waals surface area contributed by atoms with Crippen LogP contribution in [0.25, 0.3) is 0 Å². The normalized spacial score (nSPS) is 14.1. The minimum absolute atomic E-state index is 0.104. The highest BCUT2D eigenvalue weighted by Gasteiger charge is 2.23. The van der Waals surface area contributed by atoms with Crippen LogP contribution < -0.4 is 10.6 Å². The maximum Gasteiger partial charge on any atom is 0.228 e. The summed E-state index contributed by atoms with van der Waals surface area (Å²) in [6.07, 6.45) is 5.68. The van der Waals surface area contributed by atoms with E-state index in [9.17, 15) is 4.79 Å². The lowest BCUT2D eigenvalue weighted by molar-refractivity contribution is -0.119. The third-order valence-corrected chi connectivity index (χ3v) is 3.61. The number of rotatable bonds is 3. The summed E-state index contributed by atoms with van der Waals surface area (Å²) in [6.45, 7) is 1.31.